The summed E-state index contributed by atoms with van der Waals surface area (Å²) in [6.45, 7) is 0.871. The van der Waals surface area contributed by atoms with Crippen LogP contribution in [0.25, 0.3) is 11.4 Å². The zero-order valence-corrected chi connectivity index (χ0v) is 18.9. The average Bonchev–Trinajstić information content (AvgIpc) is 3.58. The van der Waals surface area contributed by atoms with Crippen molar-refractivity contribution in [1.29, 1.82) is 0 Å². The van der Waals surface area contributed by atoms with Gasteiger partial charge < -0.3 is 9.47 Å². The molecule has 0 spiro atoms. The van der Waals surface area contributed by atoms with Crippen molar-refractivity contribution in [3.05, 3.63) is 76.5 Å². The maximum atomic E-state index is 12.3. The number of fused-ring (bicyclic) bond motifs is 1. The van der Waals surface area contributed by atoms with Crippen molar-refractivity contribution in [2.75, 3.05) is 12.5 Å². The number of hydrogen-bond acceptors (Lipinski definition) is 7. The number of Topliss-reactive ketones (excluding diaryl/α,β-unsaturated/α-hetero) is 1. The average molecular weight is 464 g/mol. The highest BCUT2D eigenvalue weighted by Crippen LogP contribution is 2.34. The molecule has 162 valence electrons. The Balaban J connectivity index is 1.33. The van der Waals surface area contributed by atoms with Gasteiger partial charge in [0.1, 0.15) is 0 Å². The topological polar surface area (TPSA) is 66.2 Å². The van der Waals surface area contributed by atoms with Gasteiger partial charge in [-0.2, -0.15) is 0 Å². The molecule has 8 heteroatoms. The van der Waals surface area contributed by atoms with Crippen molar-refractivity contribution in [1.82, 2.24) is 14.8 Å². The van der Waals surface area contributed by atoms with E-state index in [1.54, 1.807) is 11.8 Å². The predicted molar refractivity (Wildman–Crippen MR) is 126 cm³/mol. The standard InChI is InChI=1S/C24H21N3O3S2/c28-19(22-9-5-12-31-22)8-4-13-32-24-26-25-23(18-6-2-1-3-7-18)27(24)15-17-10-11-20-21(14-17)30-16-29-20/h1-3,5-7,9-12,14H,4,8,13,15-16H2. The van der Waals surface area contributed by atoms with E-state index in [9.17, 15) is 4.79 Å². The molecule has 0 aliphatic carbocycles. The molecule has 1 aliphatic rings. The first-order valence-electron chi connectivity index (χ1n) is 10.3. The summed E-state index contributed by atoms with van der Waals surface area (Å²) in [5, 5.41) is 11.7. The van der Waals surface area contributed by atoms with E-state index < -0.39 is 0 Å². The first-order chi connectivity index (χ1) is 15.8. The van der Waals surface area contributed by atoms with Crippen LogP contribution in [0.15, 0.2) is 71.2 Å². The summed E-state index contributed by atoms with van der Waals surface area (Å²) in [5.41, 5.74) is 2.10. The van der Waals surface area contributed by atoms with Gasteiger partial charge in [0.15, 0.2) is 28.3 Å². The molecule has 0 radical (unpaired) electrons. The third-order valence-electron chi connectivity index (χ3n) is 5.10. The Morgan fingerprint density at radius 2 is 1.91 bits per heavy atom. The number of ether oxygens (including phenoxy) is 2. The van der Waals surface area contributed by atoms with Gasteiger partial charge in [-0.3, -0.25) is 9.36 Å². The summed E-state index contributed by atoms with van der Waals surface area (Å²) in [6.07, 6.45) is 1.33. The van der Waals surface area contributed by atoms with E-state index in [2.05, 4.69) is 14.8 Å². The fraction of sp³-hybridized carbons (Fsp3) is 0.208. The third-order valence-corrected chi connectivity index (χ3v) is 7.07. The van der Waals surface area contributed by atoms with Crippen LogP contribution in [-0.4, -0.2) is 33.1 Å². The van der Waals surface area contributed by atoms with E-state index in [0.717, 1.165) is 50.7 Å². The number of carbonyl (C=O) groups excluding carboxylic acids is 1. The van der Waals surface area contributed by atoms with Gasteiger partial charge in [0.05, 0.1) is 11.4 Å². The first-order valence-corrected chi connectivity index (χ1v) is 12.2. The fourth-order valence-corrected chi connectivity index (χ4v) is 5.09. The van der Waals surface area contributed by atoms with Crippen molar-refractivity contribution < 1.29 is 14.3 Å². The number of hydrogen-bond donors (Lipinski definition) is 0. The summed E-state index contributed by atoms with van der Waals surface area (Å²) in [6, 6.07) is 19.8. The molecule has 0 fully saturated rings. The Bertz CT molecular complexity index is 1210. The van der Waals surface area contributed by atoms with Gasteiger partial charge in [-0.15, -0.1) is 21.5 Å². The van der Waals surface area contributed by atoms with Crippen LogP contribution in [0.2, 0.25) is 0 Å². The summed E-state index contributed by atoms with van der Waals surface area (Å²) in [4.78, 5) is 13.1. The first kappa shape index (κ1) is 20.8. The summed E-state index contributed by atoms with van der Waals surface area (Å²) < 4.78 is 13.1. The molecule has 6 nitrogen and oxygen atoms in total. The normalized spacial score (nSPS) is 12.2. The lowest BCUT2D eigenvalue weighted by Crippen LogP contribution is -2.05. The zero-order chi connectivity index (χ0) is 21.8. The molecule has 0 amide bonds. The van der Waals surface area contributed by atoms with Crippen LogP contribution in [-0.2, 0) is 6.54 Å². The Morgan fingerprint density at radius 1 is 1.03 bits per heavy atom. The maximum absolute atomic E-state index is 12.3. The summed E-state index contributed by atoms with van der Waals surface area (Å²) in [5.74, 6) is 3.35. The Hall–Kier alpha value is -3.10. The molecule has 3 heterocycles. The highest BCUT2D eigenvalue weighted by atomic mass is 32.2. The Labute approximate surface area is 194 Å². The van der Waals surface area contributed by atoms with Gasteiger partial charge >= 0.3 is 0 Å². The predicted octanol–water partition coefficient (Wildman–Crippen LogP) is 5.54. The minimum absolute atomic E-state index is 0.201. The van der Waals surface area contributed by atoms with E-state index in [1.807, 2.05) is 66.0 Å². The lowest BCUT2D eigenvalue weighted by molar-refractivity contribution is 0.0986. The molecule has 0 bridgehead atoms. The Kier molecular flexibility index (Phi) is 6.22. The fourth-order valence-electron chi connectivity index (χ4n) is 3.52. The molecule has 0 N–H and O–H groups in total. The van der Waals surface area contributed by atoms with Crippen LogP contribution >= 0.6 is 23.1 Å². The minimum Gasteiger partial charge on any atom is -0.454 e. The number of thioether (sulfide) groups is 1. The molecule has 4 aromatic rings. The van der Waals surface area contributed by atoms with Gasteiger partial charge in [-0.1, -0.05) is 54.2 Å². The number of aromatic nitrogens is 3. The number of nitrogens with zero attached hydrogens (tertiary/aromatic N) is 3. The number of rotatable bonds is 9. The van der Waals surface area contributed by atoms with E-state index in [4.69, 9.17) is 9.47 Å². The maximum Gasteiger partial charge on any atom is 0.231 e. The highest BCUT2D eigenvalue weighted by molar-refractivity contribution is 7.99. The minimum atomic E-state index is 0.201. The molecule has 5 rings (SSSR count). The van der Waals surface area contributed by atoms with E-state index in [-0.39, 0.29) is 12.6 Å². The number of carbonyl (C=O) groups is 1. The molecule has 0 atom stereocenters. The lowest BCUT2D eigenvalue weighted by Gasteiger charge is -2.11. The van der Waals surface area contributed by atoms with Crippen LogP contribution in [0.3, 0.4) is 0 Å². The van der Waals surface area contributed by atoms with Gasteiger partial charge in [-0.05, 0) is 35.6 Å². The molecule has 32 heavy (non-hydrogen) atoms. The molecular formula is C24H21N3O3S2. The molecule has 0 saturated heterocycles. The second-order valence-electron chi connectivity index (χ2n) is 7.30. The van der Waals surface area contributed by atoms with E-state index in [0.29, 0.717) is 13.0 Å². The number of thiophene rings is 1. The van der Waals surface area contributed by atoms with Crippen molar-refractivity contribution in [2.24, 2.45) is 0 Å². The Morgan fingerprint density at radius 3 is 2.75 bits per heavy atom. The van der Waals surface area contributed by atoms with Gasteiger partial charge in [-0.25, -0.2) is 0 Å². The van der Waals surface area contributed by atoms with Crippen LogP contribution in [0, 0.1) is 0 Å². The number of ketones is 1. The number of benzene rings is 2. The van der Waals surface area contributed by atoms with E-state index in [1.165, 1.54) is 11.3 Å². The van der Waals surface area contributed by atoms with Crippen LogP contribution in [0.5, 0.6) is 11.5 Å². The SMILES string of the molecule is O=C(CCCSc1nnc(-c2ccccc2)n1Cc1ccc2c(c1)OCO2)c1cccs1. The molecule has 2 aromatic heterocycles. The quantitative estimate of drug-likeness (QED) is 0.184. The second-order valence-corrected chi connectivity index (χ2v) is 9.31. The van der Waals surface area contributed by atoms with Gasteiger partial charge in [0.25, 0.3) is 0 Å². The molecule has 0 unspecified atom stereocenters. The van der Waals surface area contributed by atoms with Gasteiger partial charge in [0.2, 0.25) is 6.79 Å². The van der Waals surface area contributed by atoms with Gasteiger partial charge in [0, 0.05) is 17.7 Å². The van der Waals surface area contributed by atoms with E-state index >= 15 is 0 Å². The molecule has 2 aromatic carbocycles. The van der Waals surface area contributed by atoms with Crippen molar-refractivity contribution in [2.45, 2.75) is 24.5 Å². The van der Waals surface area contributed by atoms with Crippen molar-refractivity contribution >= 4 is 28.9 Å². The van der Waals surface area contributed by atoms with Crippen LogP contribution in [0.1, 0.15) is 28.1 Å². The summed E-state index contributed by atoms with van der Waals surface area (Å²) in [7, 11) is 0. The highest BCUT2D eigenvalue weighted by Gasteiger charge is 2.18. The van der Waals surface area contributed by atoms with Crippen LogP contribution in [0.4, 0.5) is 0 Å². The summed E-state index contributed by atoms with van der Waals surface area (Å²) >= 11 is 3.13. The molecule has 1 aliphatic heterocycles. The van der Waals surface area contributed by atoms with Crippen molar-refractivity contribution in [3.63, 3.8) is 0 Å². The smallest absolute Gasteiger partial charge is 0.231 e. The third kappa shape index (κ3) is 4.56. The van der Waals surface area contributed by atoms with Crippen molar-refractivity contribution in [3.8, 4) is 22.9 Å². The lowest BCUT2D eigenvalue weighted by atomic mass is 10.2. The molecular weight excluding hydrogens is 442 g/mol. The zero-order valence-electron chi connectivity index (χ0n) is 17.3. The monoisotopic (exact) mass is 463 g/mol. The van der Waals surface area contributed by atoms with Crippen LogP contribution < -0.4 is 9.47 Å². The molecule has 0 saturated carbocycles. The second kappa shape index (κ2) is 9.58. The largest absolute Gasteiger partial charge is 0.454 e.